The van der Waals surface area contributed by atoms with Gasteiger partial charge in [-0.15, -0.1) is 0 Å². The van der Waals surface area contributed by atoms with E-state index in [2.05, 4.69) is 32.1 Å². The highest BCUT2D eigenvalue weighted by molar-refractivity contribution is 5.94. The van der Waals surface area contributed by atoms with Crippen LogP contribution >= 0.6 is 0 Å². The molecule has 2 saturated heterocycles. The Morgan fingerprint density at radius 1 is 1.14 bits per heavy atom. The van der Waals surface area contributed by atoms with Gasteiger partial charge in [-0.25, -0.2) is 9.97 Å². The number of aromatic nitrogens is 3. The summed E-state index contributed by atoms with van der Waals surface area (Å²) < 4.78 is 5.39. The van der Waals surface area contributed by atoms with Crippen LogP contribution in [-0.4, -0.2) is 65.2 Å². The van der Waals surface area contributed by atoms with Crippen molar-refractivity contribution in [1.29, 1.82) is 0 Å². The predicted octanol–water partition coefficient (Wildman–Crippen LogP) is 2.81. The Bertz CT molecular complexity index is 994. The van der Waals surface area contributed by atoms with Crippen molar-refractivity contribution in [3.8, 4) is 0 Å². The van der Waals surface area contributed by atoms with Crippen molar-refractivity contribution in [3.63, 3.8) is 0 Å². The van der Waals surface area contributed by atoms with Gasteiger partial charge >= 0.3 is 0 Å². The molecule has 2 aliphatic rings. The maximum atomic E-state index is 13.1. The van der Waals surface area contributed by atoms with E-state index in [1.54, 1.807) is 12.4 Å². The van der Waals surface area contributed by atoms with E-state index < -0.39 is 0 Å². The van der Waals surface area contributed by atoms with Crippen molar-refractivity contribution in [3.05, 3.63) is 54.0 Å². The molecule has 0 aromatic carbocycles. The van der Waals surface area contributed by atoms with Crippen LogP contribution in [0.2, 0.25) is 0 Å². The Balaban J connectivity index is 1.30. The summed E-state index contributed by atoms with van der Waals surface area (Å²) in [5.41, 5.74) is 2.82. The molecule has 1 N–H and O–H groups in total. The molecule has 7 nitrogen and oxygen atoms in total. The zero-order chi connectivity index (χ0) is 19.6. The van der Waals surface area contributed by atoms with Crippen LogP contribution in [0.4, 0.5) is 5.82 Å². The van der Waals surface area contributed by atoms with E-state index in [1.165, 1.54) is 5.56 Å². The fourth-order valence-corrected chi connectivity index (χ4v) is 4.41. The van der Waals surface area contributed by atoms with Crippen LogP contribution in [0.15, 0.2) is 42.9 Å². The lowest BCUT2D eigenvalue weighted by atomic mass is 9.90. The van der Waals surface area contributed by atoms with Gasteiger partial charge in [0, 0.05) is 56.1 Å². The molecule has 0 saturated carbocycles. The van der Waals surface area contributed by atoms with Gasteiger partial charge in [0.05, 0.1) is 18.8 Å². The first-order chi connectivity index (χ1) is 14.3. The lowest BCUT2D eigenvalue weighted by Crippen LogP contribution is -2.39. The molecule has 3 aromatic heterocycles. The molecule has 5 heterocycles. The maximum Gasteiger partial charge on any atom is 0.255 e. The number of ether oxygens (including phenoxy) is 1. The molecule has 5 rings (SSSR count). The molecule has 2 aliphatic heterocycles. The highest BCUT2D eigenvalue weighted by Gasteiger charge is 2.27. The number of piperidine rings is 1. The lowest BCUT2D eigenvalue weighted by Gasteiger charge is -2.33. The Morgan fingerprint density at radius 2 is 2.03 bits per heavy atom. The van der Waals surface area contributed by atoms with Gasteiger partial charge in [0.2, 0.25) is 0 Å². The Kier molecular flexibility index (Phi) is 4.89. The number of carbonyl (C=O) groups is 1. The van der Waals surface area contributed by atoms with E-state index in [9.17, 15) is 4.79 Å². The van der Waals surface area contributed by atoms with Crippen molar-refractivity contribution in [2.24, 2.45) is 0 Å². The number of hydrogen-bond donors (Lipinski definition) is 1. The molecule has 1 atom stereocenters. The second-order valence-corrected chi connectivity index (χ2v) is 7.74. The average Bonchev–Trinajstić information content (AvgIpc) is 3.24. The quantitative estimate of drug-likeness (QED) is 0.743. The number of nitrogens with one attached hydrogen (secondary N) is 1. The number of carbonyl (C=O) groups excluding carboxylic acids is 1. The number of likely N-dealkylation sites (tertiary alicyclic amines) is 1. The summed E-state index contributed by atoms with van der Waals surface area (Å²) in [6.45, 7) is 4.65. The highest BCUT2D eigenvalue weighted by atomic mass is 16.5. The number of rotatable bonds is 3. The number of aromatic amines is 1. The summed E-state index contributed by atoms with van der Waals surface area (Å²) in [6, 6.07) is 7.92. The summed E-state index contributed by atoms with van der Waals surface area (Å²) in [4.78, 5) is 29.4. The number of hydrogen-bond acceptors (Lipinski definition) is 5. The largest absolute Gasteiger partial charge is 0.378 e. The summed E-state index contributed by atoms with van der Waals surface area (Å²) in [5, 5.41) is 1.16. The van der Waals surface area contributed by atoms with Crippen LogP contribution in [0, 0.1) is 0 Å². The molecule has 0 spiro atoms. The molecule has 3 aromatic rings. The van der Waals surface area contributed by atoms with Gasteiger partial charge in [-0.3, -0.25) is 4.79 Å². The topological polar surface area (TPSA) is 74.4 Å². The first-order valence-corrected chi connectivity index (χ1v) is 10.3. The number of H-pyrrole nitrogens is 1. The molecule has 0 radical (unpaired) electrons. The molecular formula is C22H25N5O2. The smallest absolute Gasteiger partial charge is 0.255 e. The third kappa shape index (κ3) is 3.58. The minimum Gasteiger partial charge on any atom is -0.378 e. The fraction of sp³-hybridized carbons (Fsp3) is 0.409. The van der Waals surface area contributed by atoms with Gasteiger partial charge in [-0.2, -0.15) is 0 Å². The summed E-state index contributed by atoms with van der Waals surface area (Å²) in [5.74, 6) is 1.30. The van der Waals surface area contributed by atoms with Gasteiger partial charge in [-0.1, -0.05) is 0 Å². The van der Waals surface area contributed by atoms with Crippen molar-refractivity contribution < 1.29 is 9.53 Å². The van der Waals surface area contributed by atoms with E-state index in [0.717, 1.165) is 69.1 Å². The minimum absolute atomic E-state index is 0.0636. The molecule has 0 bridgehead atoms. The SMILES string of the molecule is O=C(c1ccc(N2CCOCC2)nc1)N1CCCC(c2c[nH]c3ncccc23)C1. The third-order valence-electron chi connectivity index (χ3n) is 5.96. The number of morpholine rings is 1. The van der Waals surface area contributed by atoms with Gasteiger partial charge in [-0.05, 0) is 42.7 Å². The second-order valence-electron chi connectivity index (χ2n) is 7.74. The third-order valence-corrected chi connectivity index (χ3v) is 5.96. The van der Waals surface area contributed by atoms with Crippen molar-refractivity contribution in [2.45, 2.75) is 18.8 Å². The van der Waals surface area contributed by atoms with E-state index in [1.807, 2.05) is 23.1 Å². The molecule has 29 heavy (non-hydrogen) atoms. The first kappa shape index (κ1) is 18.1. The minimum atomic E-state index is 0.0636. The predicted molar refractivity (Wildman–Crippen MR) is 111 cm³/mol. The molecular weight excluding hydrogens is 366 g/mol. The van der Waals surface area contributed by atoms with E-state index in [-0.39, 0.29) is 5.91 Å². The summed E-state index contributed by atoms with van der Waals surface area (Å²) >= 11 is 0. The number of anilines is 1. The van der Waals surface area contributed by atoms with Gasteiger partial charge in [0.15, 0.2) is 0 Å². The van der Waals surface area contributed by atoms with Crippen LogP contribution in [0.1, 0.15) is 34.7 Å². The van der Waals surface area contributed by atoms with Crippen LogP contribution in [0.3, 0.4) is 0 Å². The van der Waals surface area contributed by atoms with E-state index in [4.69, 9.17) is 4.74 Å². The number of nitrogens with zero attached hydrogens (tertiary/aromatic N) is 4. The monoisotopic (exact) mass is 391 g/mol. The number of fused-ring (bicyclic) bond motifs is 1. The van der Waals surface area contributed by atoms with Crippen LogP contribution in [0.5, 0.6) is 0 Å². The molecule has 1 amide bonds. The molecule has 2 fully saturated rings. The Morgan fingerprint density at radius 3 is 2.86 bits per heavy atom. The average molecular weight is 391 g/mol. The van der Waals surface area contributed by atoms with Crippen molar-refractivity contribution >= 4 is 22.8 Å². The summed E-state index contributed by atoms with van der Waals surface area (Å²) in [6.07, 6.45) is 7.65. The molecule has 1 unspecified atom stereocenters. The molecule has 7 heteroatoms. The zero-order valence-electron chi connectivity index (χ0n) is 16.4. The molecule has 150 valence electrons. The van der Waals surface area contributed by atoms with Gasteiger partial charge in [0.25, 0.3) is 5.91 Å². The van der Waals surface area contributed by atoms with Crippen molar-refractivity contribution in [2.75, 3.05) is 44.3 Å². The second kappa shape index (κ2) is 7.83. The normalized spacial score (nSPS) is 20.2. The Hall–Kier alpha value is -2.93. The first-order valence-electron chi connectivity index (χ1n) is 10.3. The standard InChI is InChI=1S/C22H25N5O2/c28-22(16-5-6-20(24-13-16)26-9-11-29-12-10-26)27-8-2-3-17(15-27)19-14-25-21-18(19)4-1-7-23-21/h1,4-7,13-14,17H,2-3,8-12,15H2,(H,23,25). The van der Waals surface area contributed by atoms with Crippen LogP contribution < -0.4 is 4.90 Å². The zero-order valence-corrected chi connectivity index (χ0v) is 16.4. The van der Waals surface area contributed by atoms with E-state index in [0.29, 0.717) is 11.5 Å². The van der Waals surface area contributed by atoms with Gasteiger partial charge < -0.3 is 19.5 Å². The fourth-order valence-electron chi connectivity index (χ4n) is 4.41. The van der Waals surface area contributed by atoms with E-state index >= 15 is 0 Å². The molecule has 0 aliphatic carbocycles. The van der Waals surface area contributed by atoms with Crippen LogP contribution in [-0.2, 0) is 4.74 Å². The van der Waals surface area contributed by atoms with Crippen molar-refractivity contribution in [1.82, 2.24) is 19.9 Å². The number of pyridine rings is 2. The highest BCUT2D eigenvalue weighted by Crippen LogP contribution is 2.32. The van der Waals surface area contributed by atoms with Crippen LogP contribution in [0.25, 0.3) is 11.0 Å². The number of amides is 1. The Labute approximate surface area is 169 Å². The lowest BCUT2D eigenvalue weighted by molar-refractivity contribution is 0.0707. The summed E-state index contributed by atoms with van der Waals surface area (Å²) in [7, 11) is 0. The van der Waals surface area contributed by atoms with Gasteiger partial charge in [0.1, 0.15) is 11.5 Å². The maximum absolute atomic E-state index is 13.1.